The van der Waals surface area contributed by atoms with E-state index in [2.05, 4.69) is 5.32 Å². The normalized spacial score (nSPS) is 11.4. The predicted molar refractivity (Wildman–Crippen MR) is 78.2 cm³/mol. The van der Waals surface area contributed by atoms with Crippen LogP contribution >= 0.6 is 11.6 Å². The molecule has 100 valence electrons. The van der Waals surface area contributed by atoms with E-state index in [1.807, 2.05) is 12.1 Å². The molecule has 2 rings (SSSR count). The molecule has 0 bridgehead atoms. The standard InChI is InChI=1S/C15H12ClN3O/c16-12-3-1-2-4-13(12)19-14(15(18)20)11-7-5-10(9-17)6-8-11/h1-8,14,19H,(H2,18,20). The Bertz CT molecular complexity index is 662. The van der Waals surface area contributed by atoms with E-state index < -0.39 is 11.9 Å². The summed E-state index contributed by atoms with van der Waals surface area (Å²) in [6, 6.07) is 15.1. The maximum atomic E-state index is 11.6. The Morgan fingerprint density at radius 1 is 1.20 bits per heavy atom. The Morgan fingerprint density at radius 3 is 2.40 bits per heavy atom. The fraction of sp³-hybridized carbons (Fsp3) is 0.0667. The van der Waals surface area contributed by atoms with Gasteiger partial charge in [-0.05, 0) is 29.8 Å². The van der Waals surface area contributed by atoms with Crippen LogP contribution in [0.4, 0.5) is 5.69 Å². The Labute approximate surface area is 121 Å². The number of nitrogens with zero attached hydrogens (tertiary/aromatic N) is 1. The molecule has 3 N–H and O–H groups in total. The Morgan fingerprint density at radius 2 is 1.85 bits per heavy atom. The van der Waals surface area contributed by atoms with Gasteiger partial charge in [-0.25, -0.2) is 0 Å². The molecular weight excluding hydrogens is 274 g/mol. The van der Waals surface area contributed by atoms with Crippen LogP contribution in [-0.4, -0.2) is 5.91 Å². The average Bonchev–Trinajstić information content (AvgIpc) is 2.46. The minimum absolute atomic E-state index is 0.507. The Hall–Kier alpha value is -2.51. The lowest BCUT2D eigenvalue weighted by Gasteiger charge is -2.18. The molecule has 0 aliphatic rings. The number of carbonyl (C=O) groups excluding carboxylic acids is 1. The third kappa shape index (κ3) is 3.08. The minimum atomic E-state index is -0.706. The molecule has 0 aliphatic heterocycles. The number of nitrogens with one attached hydrogen (secondary N) is 1. The molecule has 0 saturated heterocycles. The highest BCUT2D eigenvalue weighted by molar-refractivity contribution is 6.33. The minimum Gasteiger partial charge on any atom is -0.369 e. The van der Waals surface area contributed by atoms with Crippen molar-refractivity contribution in [1.29, 1.82) is 5.26 Å². The second-order valence-corrected chi connectivity index (χ2v) is 4.60. The first kappa shape index (κ1) is 13.9. The third-order valence-electron chi connectivity index (χ3n) is 2.83. The van der Waals surface area contributed by atoms with Crippen molar-refractivity contribution in [2.75, 3.05) is 5.32 Å². The second kappa shape index (κ2) is 6.09. The van der Waals surface area contributed by atoms with Gasteiger partial charge in [0.25, 0.3) is 0 Å². The van der Waals surface area contributed by atoms with E-state index in [-0.39, 0.29) is 0 Å². The fourth-order valence-electron chi connectivity index (χ4n) is 1.80. The van der Waals surface area contributed by atoms with Crippen LogP contribution in [-0.2, 0) is 4.79 Å². The highest BCUT2D eigenvalue weighted by Gasteiger charge is 2.18. The van der Waals surface area contributed by atoms with Crippen LogP contribution in [0.25, 0.3) is 0 Å². The number of anilines is 1. The first-order chi connectivity index (χ1) is 9.61. The Kier molecular flexibility index (Phi) is 4.24. The maximum absolute atomic E-state index is 11.6. The molecule has 0 fully saturated rings. The third-order valence-corrected chi connectivity index (χ3v) is 3.16. The molecule has 4 nitrogen and oxygen atoms in total. The molecule has 2 aromatic rings. The van der Waals surface area contributed by atoms with E-state index in [1.165, 1.54) is 0 Å². The zero-order chi connectivity index (χ0) is 14.5. The fourth-order valence-corrected chi connectivity index (χ4v) is 1.99. The highest BCUT2D eigenvalue weighted by atomic mass is 35.5. The molecule has 0 aliphatic carbocycles. The number of nitrogens with two attached hydrogens (primary N) is 1. The van der Waals surface area contributed by atoms with E-state index in [0.29, 0.717) is 21.8 Å². The molecule has 2 aromatic carbocycles. The zero-order valence-electron chi connectivity index (χ0n) is 10.5. The van der Waals surface area contributed by atoms with Gasteiger partial charge in [0.05, 0.1) is 22.3 Å². The van der Waals surface area contributed by atoms with Crippen molar-refractivity contribution in [2.45, 2.75) is 6.04 Å². The van der Waals surface area contributed by atoms with Gasteiger partial charge < -0.3 is 11.1 Å². The molecule has 5 heteroatoms. The summed E-state index contributed by atoms with van der Waals surface area (Å²) in [4.78, 5) is 11.6. The van der Waals surface area contributed by atoms with Crippen molar-refractivity contribution < 1.29 is 4.79 Å². The molecule has 20 heavy (non-hydrogen) atoms. The van der Waals surface area contributed by atoms with Gasteiger partial charge in [-0.3, -0.25) is 4.79 Å². The van der Waals surface area contributed by atoms with Gasteiger partial charge in [0.1, 0.15) is 6.04 Å². The number of nitriles is 1. The zero-order valence-corrected chi connectivity index (χ0v) is 11.3. The molecule has 1 unspecified atom stereocenters. The van der Waals surface area contributed by atoms with Gasteiger partial charge in [-0.1, -0.05) is 35.9 Å². The molecule has 0 heterocycles. The van der Waals surface area contributed by atoms with Crippen molar-refractivity contribution in [2.24, 2.45) is 5.73 Å². The number of para-hydroxylation sites is 1. The number of rotatable bonds is 4. The van der Waals surface area contributed by atoms with Gasteiger partial charge in [0, 0.05) is 0 Å². The average molecular weight is 286 g/mol. The molecule has 0 radical (unpaired) electrons. The van der Waals surface area contributed by atoms with E-state index >= 15 is 0 Å². The lowest BCUT2D eigenvalue weighted by Crippen LogP contribution is -2.27. The summed E-state index contributed by atoms with van der Waals surface area (Å²) in [7, 11) is 0. The lowest BCUT2D eigenvalue weighted by molar-refractivity contribution is -0.118. The van der Waals surface area contributed by atoms with E-state index in [1.54, 1.807) is 42.5 Å². The van der Waals surface area contributed by atoms with Crippen LogP contribution in [0.5, 0.6) is 0 Å². The van der Waals surface area contributed by atoms with E-state index in [9.17, 15) is 4.79 Å². The topological polar surface area (TPSA) is 78.9 Å². The number of amides is 1. The number of hydrogen-bond donors (Lipinski definition) is 2. The first-order valence-corrected chi connectivity index (χ1v) is 6.30. The second-order valence-electron chi connectivity index (χ2n) is 4.19. The molecule has 0 spiro atoms. The summed E-state index contributed by atoms with van der Waals surface area (Å²) in [6.45, 7) is 0. The van der Waals surface area contributed by atoms with Crippen LogP contribution in [0.3, 0.4) is 0 Å². The van der Waals surface area contributed by atoms with Gasteiger partial charge in [0.15, 0.2) is 0 Å². The number of carbonyl (C=O) groups is 1. The maximum Gasteiger partial charge on any atom is 0.244 e. The lowest BCUT2D eigenvalue weighted by atomic mass is 10.0. The van der Waals surface area contributed by atoms with Gasteiger partial charge in [-0.2, -0.15) is 5.26 Å². The van der Waals surface area contributed by atoms with Gasteiger partial charge >= 0.3 is 0 Å². The molecule has 1 amide bonds. The van der Waals surface area contributed by atoms with Crippen molar-refractivity contribution in [1.82, 2.24) is 0 Å². The number of benzene rings is 2. The first-order valence-electron chi connectivity index (χ1n) is 5.92. The summed E-state index contributed by atoms with van der Waals surface area (Å²) in [5.74, 6) is -0.519. The van der Waals surface area contributed by atoms with E-state index in [4.69, 9.17) is 22.6 Å². The van der Waals surface area contributed by atoms with Gasteiger partial charge in [-0.15, -0.1) is 0 Å². The quantitative estimate of drug-likeness (QED) is 0.906. The van der Waals surface area contributed by atoms with Crippen LogP contribution in [0.15, 0.2) is 48.5 Å². The summed E-state index contributed by atoms with van der Waals surface area (Å²) < 4.78 is 0. The molecule has 0 aromatic heterocycles. The number of hydrogen-bond acceptors (Lipinski definition) is 3. The summed E-state index contributed by atoms with van der Waals surface area (Å²) in [5.41, 5.74) is 7.25. The number of primary amides is 1. The van der Waals surface area contributed by atoms with Crippen molar-refractivity contribution in [3.05, 3.63) is 64.7 Å². The molecule has 0 saturated carbocycles. The van der Waals surface area contributed by atoms with Crippen LogP contribution in [0.1, 0.15) is 17.2 Å². The SMILES string of the molecule is N#Cc1ccc(C(Nc2ccccc2Cl)C(N)=O)cc1. The summed E-state index contributed by atoms with van der Waals surface area (Å²) >= 11 is 6.05. The smallest absolute Gasteiger partial charge is 0.244 e. The monoisotopic (exact) mass is 285 g/mol. The number of halogens is 1. The van der Waals surface area contributed by atoms with E-state index in [0.717, 1.165) is 0 Å². The summed E-state index contributed by atoms with van der Waals surface area (Å²) in [5, 5.41) is 12.3. The summed E-state index contributed by atoms with van der Waals surface area (Å²) in [6.07, 6.45) is 0. The van der Waals surface area contributed by atoms with Crippen molar-refractivity contribution >= 4 is 23.2 Å². The molecular formula is C15H12ClN3O. The van der Waals surface area contributed by atoms with Crippen LogP contribution < -0.4 is 11.1 Å². The highest BCUT2D eigenvalue weighted by Crippen LogP contribution is 2.26. The van der Waals surface area contributed by atoms with Crippen molar-refractivity contribution in [3.8, 4) is 6.07 Å². The van der Waals surface area contributed by atoms with Crippen LogP contribution in [0.2, 0.25) is 5.02 Å². The Balaban J connectivity index is 2.30. The van der Waals surface area contributed by atoms with Gasteiger partial charge in [0.2, 0.25) is 5.91 Å². The van der Waals surface area contributed by atoms with Crippen LogP contribution in [0, 0.1) is 11.3 Å². The van der Waals surface area contributed by atoms with Crippen molar-refractivity contribution in [3.63, 3.8) is 0 Å². The largest absolute Gasteiger partial charge is 0.369 e. The molecule has 1 atom stereocenters. The predicted octanol–water partition coefficient (Wildman–Crippen LogP) is 2.85.